The predicted molar refractivity (Wildman–Crippen MR) is 81.8 cm³/mol. The number of rotatable bonds is 3. The number of benzene rings is 2. The van der Waals surface area contributed by atoms with Gasteiger partial charge in [0.15, 0.2) is 0 Å². The lowest BCUT2D eigenvalue weighted by atomic mass is 9.99. The van der Waals surface area contributed by atoms with Crippen LogP contribution in [0, 0.1) is 11.7 Å². The summed E-state index contributed by atoms with van der Waals surface area (Å²) >= 11 is 0. The first kappa shape index (κ1) is 14.0. The van der Waals surface area contributed by atoms with Gasteiger partial charge in [0.25, 0.3) is 5.91 Å². The Bertz CT molecular complexity index is 665. The molecule has 3 rings (SSSR count). The molecule has 3 nitrogen and oxygen atoms in total. The highest BCUT2D eigenvalue weighted by Crippen LogP contribution is 2.22. The molecule has 2 aromatic rings. The summed E-state index contributed by atoms with van der Waals surface area (Å²) < 4.78 is 13.8. The second-order valence-electron chi connectivity index (χ2n) is 5.66. The molecule has 1 aliphatic heterocycles. The van der Waals surface area contributed by atoms with Gasteiger partial charge in [-0.1, -0.05) is 24.3 Å². The van der Waals surface area contributed by atoms with Crippen molar-refractivity contribution in [2.75, 3.05) is 13.1 Å². The Balaban J connectivity index is 1.86. The van der Waals surface area contributed by atoms with Crippen molar-refractivity contribution in [3.63, 3.8) is 0 Å². The molecule has 2 atom stereocenters. The SMILES string of the molecule is CC(NC(=O)c1ccc(F)c2ccccc12)C1CCNC1. The lowest BCUT2D eigenvalue weighted by Crippen LogP contribution is -2.39. The lowest BCUT2D eigenvalue weighted by Gasteiger charge is -2.20. The average Bonchev–Trinajstić information content (AvgIpc) is 3.02. The fourth-order valence-electron chi connectivity index (χ4n) is 2.97. The van der Waals surface area contributed by atoms with E-state index in [0.29, 0.717) is 22.3 Å². The number of nitrogens with one attached hydrogen (secondary N) is 2. The molecule has 0 aromatic heterocycles. The Morgan fingerprint density at radius 1 is 1.29 bits per heavy atom. The fourth-order valence-corrected chi connectivity index (χ4v) is 2.97. The zero-order chi connectivity index (χ0) is 14.8. The molecule has 2 N–H and O–H groups in total. The molecular weight excluding hydrogens is 267 g/mol. The van der Waals surface area contributed by atoms with Gasteiger partial charge >= 0.3 is 0 Å². The summed E-state index contributed by atoms with van der Waals surface area (Å²) in [6.45, 7) is 3.97. The van der Waals surface area contributed by atoms with Crippen molar-refractivity contribution in [1.82, 2.24) is 10.6 Å². The van der Waals surface area contributed by atoms with E-state index in [-0.39, 0.29) is 17.8 Å². The molecule has 1 saturated heterocycles. The number of carbonyl (C=O) groups is 1. The minimum atomic E-state index is -0.296. The summed E-state index contributed by atoms with van der Waals surface area (Å²) in [5.41, 5.74) is 0.532. The third kappa shape index (κ3) is 2.76. The maximum Gasteiger partial charge on any atom is 0.252 e. The first-order valence-corrected chi connectivity index (χ1v) is 7.35. The number of halogens is 1. The molecule has 110 valence electrons. The number of hydrogen-bond donors (Lipinski definition) is 2. The summed E-state index contributed by atoms with van der Waals surface area (Å²) in [5.74, 6) is 0.0291. The van der Waals surface area contributed by atoms with Crippen molar-refractivity contribution in [3.05, 3.63) is 47.8 Å². The molecule has 1 amide bonds. The first-order chi connectivity index (χ1) is 10.2. The van der Waals surface area contributed by atoms with E-state index >= 15 is 0 Å². The maximum absolute atomic E-state index is 13.8. The van der Waals surface area contributed by atoms with E-state index in [4.69, 9.17) is 0 Å². The Kier molecular flexibility index (Phi) is 3.88. The third-order valence-electron chi connectivity index (χ3n) is 4.28. The van der Waals surface area contributed by atoms with Crippen LogP contribution < -0.4 is 10.6 Å². The quantitative estimate of drug-likeness (QED) is 0.911. The molecule has 0 saturated carbocycles. The van der Waals surface area contributed by atoms with Gasteiger partial charge in [0, 0.05) is 17.0 Å². The van der Waals surface area contributed by atoms with Gasteiger partial charge in [-0.2, -0.15) is 0 Å². The summed E-state index contributed by atoms with van der Waals surface area (Å²) in [6.07, 6.45) is 1.08. The Morgan fingerprint density at radius 3 is 2.76 bits per heavy atom. The molecule has 2 unspecified atom stereocenters. The normalized spacial score (nSPS) is 19.6. The van der Waals surface area contributed by atoms with Crippen LogP contribution in [0.15, 0.2) is 36.4 Å². The van der Waals surface area contributed by atoms with Gasteiger partial charge < -0.3 is 10.6 Å². The monoisotopic (exact) mass is 286 g/mol. The Hall–Kier alpha value is -1.94. The Labute approximate surface area is 123 Å². The van der Waals surface area contributed by atoms with Crippen LogP contribution in [0.5, 0.6) is 0 Å². The second-order valence-corrected chi connectivity index (χ2v) is 5.66. The number of fused-ring (bicyclic) bond motifs is 1. The molecule has 1 aliphatic rings. The smallest absolute Gasteiger partial charge is 0.252 e. The zero-order valence-electron chi connectivity index (χ0n) is 12.0. The molecule has 0 spiro atoms. The van der Waals surface area contributed by atoms with Crippen LogP contribution in [0.1, 0.15) is 23.7 Å². The van der Waals surface area contributed by atoms with Gasteiger partial charge in [-0.3, -0.25) is 4.79 Å². The standard InChI is InChI=1S/C17H19FN2O/c1-11(12-8-9-19-10-12)20-17(21)15-6-7-16(18)14-5-3-2-4-13(14)15/h2-7,11-12,19H,8-10H2,1H3,(H,20,21). The Morgan fingerprint density at radius 2 is 2.05 bits per heavy atom. The minimum Gasteiger partial charge on any atom is -0.349 e. The molecule has 2 aromatic carbocycles. The van der Waals surface area contributed by atoms with Crippen molar-refractivity contribution in [3.8, 4) is 0 Å². The van der Waals surface area contributed by atoms with Crippen LogP contribution in [-0.2, 0) is 0 Å². The summed E-state index contributed by atoms with van der Waals surface area (Å²) in [6, 6.07) is 10.1. The van der Waals surface area contributed by atoms with Gasteiger partial charge in [0.2, 0.25) is 0 Å². The van der Waals surface area contributed by atoms with E-state index in [2.05, 4.69) is 10.6 Å². The molecule has 1 fully saturated rings. The highest BCUT2D eigenvalue weighted by molar-refractivity contribution is 6.07. The summed E-state index contributed by atoms with van der Waals surface area (Å²) in [5, 5.41) is 7.50. The molecule has 1 heterocycles. The van der Waals surface area contributed by atoms with Crippen LogP contribution in [0.3, 0.4) is 0 Å². The van der Waals surface area contributed by atoms with Crippen molar-refractivity contribution < 1.29 is 9.18 Å². The summed E-state index contributed by atoms with van der Waals surface area (Å²) in [4.78, 5) is 12.5. The maximum atomic E-state index is 13.8. The van der Waals surface area contributed by atoms with Crippen LogP contribution in [0.2, 0.25) is 0 Å². The van der Waals surface area contributed by atoms with Crippen molar-refractivity contribution in [2.24, 2.45) is 5.92 Å². The van der Waals surface area contributed by atoms with Crippen LogP contribution >= 0.6 is 0 Å². The van der Waals surface area contributed by atoms with E-state index < -0.39 is 0 Å². The van der Waals surface area contributed by atoms with Gasteiger partial charge in [-0.25, -0.2) is 4.39 Å². The molecule has 0 bridgehead atoms. The van der Waals surface area contributed by atoms with E-state index in [1.165, 1.54) is 6.07 Å². The first-order valence-electron chi connectivity index (χ1n) is 7.35. The van der Waals surface area contributed by atoms with Crippen molar-refractivity contribution >= 4 is 16.7 Å². The predicted octanol–water partition coefficient (Wildman–Crippen LogP) is 2.71. The van der Waals surface area contributed by atoms with E-state index in [1.807, 2.05) is 13.0 Å². The van der Waals surface area contributed by atoms with Crippen LogP contribution in [-0.4, -0.2) is 25.0 Å². The highest BCUT2D eigenvalue weighted by Gasteiger charge is 2.23. The molecule has 21 heavy (non-hydrogen) atoms. The molecule has 0 radical (unpaired) electrons. The number of hydrogen-bond acceptors (Lipinski definition) is 2. The largest absolute Gasteiger partial charge is 0.349 e. The number of carbonyl (C=O) groups excluding carboxylic acids is 1. The van der Waals surface area contributed by atoms with Crippen LogP contribution in [0.4, 0.5) is 4.39 Å². The van der Waals surface area contributed by atoms with E-state index in [0.717, 1.165) is 19.5 Å². The lowest BCUT2D eigenvalue weighted by molar-refractivity contribution is 0.0930. The molecule has 4 heteroatoms. The summed E-state index contributed by atoms with van der Waals surface area (Å²) in [7, 11) is 0. The van der Waals surface area contributed by atoms with Gasteiger partial charge in [0.1, 0.15) is 5.82 Å². The topological polar surface area (TPSA) is 41.1 Å². The van der Waals surface area contributed by atoms with Gasteiger partial charge in [-0.05, 0) is 49.9 Å². The zero-order valence-corrected chi connectivity index (χ0v) is 12.0. The van der Waals surface area contributed by atoms with Crippen molar-refractivity contribution in [1.29, 1.82) is 0 Å². The van der Waals surface area contributed by atoms with E-state index in [9.17, 15) is 9.18 Å². The second kappa shape index (κ2) is 5.82. The molecule has 0 aliphatic carbocycles. The average molecular weight is 286 g/mol. The minimum absolute atomic E-state index is 0.108. The number of amides is 1. The van der Waals surface area contributed by atoms with Crippen molar-refractivity contribution in [2.45, 2.75) is 19.4 Å². The third-order valence-corrected chi connectivity index (χ3v) is 4.28. The van der Waals surface area contributed by atoms with E-state index in [1.54, 1.807) is 24.3 Å². The fraction of sp³-hybridized carbons (Fsp3) is 0.353. The van der Waals surface area contributed by atoms with Gasteiger partial charge in [-0.15, -0.1) is 0 Å². The van der Waals surface area contributed by atoms with Crippen LogP contribution in [0.25, 0.3) is 10.8 Å². The highest BCUT2D eigenvalue weighted by atomic mass is 19.1. The van der Waals surface area contributed by atoms with Gasteiger partial charge in [0.05, 0.1) is 0 Å². The molecular formula is C17H19FN2O.